The molecule has 132 valence electrons. The van der Waals surface area contributed by atoms with Gasteiger partial charge < -0.3 is 0 Å². The summed E-state index contributed by atoms with van der Waals surface area (Å²) in [5.74, 6) is 2.06. The Morgan fingerprint density at radius 3 is 0.815 bits per heavy atom. The van der Waals surface area contributed by atoms with Crippen molar-refractivity contribution >= 4 is 0 Å². The molecule has 0 aliphatic heterocycles. The van der Waals surface area contributed by atoms with E-state index in [9.17, 15) is 0 Å². The summed E-state index contributed by atoms with van der Waals surface area (Å²) in [4.78, 5) is 39.2. The van der Waals surface area contributed by atoms with Crippen LogP contribution >= 0.6 is 0 Å². The van der Waals surface area contributed by atoms with Gasteiger partial charge in [-0.05, 0) is 37.5 Å². The van der Waals surface area contributed by atoms with Crippen LogP contribution in [0.25, 0.3) is 34.9 Å². The maximum atomic E-state index is 4.45. The molecule has 0 bridgehead atoms. The third-order valence-corrected chi connectivity index (χ3v) is 3.58. The third-order valence-electron chi connectivity index (χ3n) is 3.58. The van der Waals surface area contributed by atoms with Gasteiger partial charge in [0.2, 0.25) is 17.5 Å². The van der Waals surface area contributed by atoms with Crippen molar-refractivity contribution in [3.8, 4) is 34.9 Å². The Bertz CT molecular complexity index is 921. The largest absolute Gasteiger partial charge is 0.234 e. The first-order valence-corrected chi connectivity index (χ1v) is 8.21. The van der Waals surface area contributed by atoms with Crippen LogP contribution in [-0.2, 0) is 0 Å². The van der Waals surface area contributed by atoms with E-state index in [1.165, 1.54) is 0 Å². The molecule has 4 aromatic heterocycles. The van der Waals surface area contributed by atoms with Crippen LogP contribution in [0.3, 0.4) is 0 Å². The van der Waals surface area contributed by atoms with E-state index in [-0.39, 0.29) is 0 Å². The van der Waals surface area contributed by atoms with Gasteiger partial charge in [0.1, 0.15) is 0 Å². The third kappa shape index (κ3) is 3.61. The zero-order valence-corrected chi connectivity index (χ0v) is 15.0. The number of nitrogens with zero attached hydrogens (tertiary/aromatic N) is 9. The highest BCUT2D eigenvalue weighted by molar-refractivity contribution is 5.56. The zero-order valence-electron chi connectivity index (χ0n) is 15.0. The molecule has 0 N–H and O–H groups in total. The van der Waals surface area contributed by atoms with Crippen LogP contribution < -0.4 is 0 Å². The van der Waals surface area contributed by atoms with E-state index >= 15 is 0 Å². The van der Waals surface area contributed by atoms with Crippen LogP contribution in [-0.4, -0.2) is 44.9 Å². The summed E-state index contributed by atoms with van der Waals surface area (Å²) in [6, 6.07) is 0. The van der Waals surface area contributed by atoms with Gasteiger partial charge in [0.05, 0.1) is 0 Å². The summed E-state index contributed by atoms with van der Waals surface area (Å²) in [5, 5.41) is 0. The standard InChI is InChI=1S/C18H15N9/c1-10-4-19-13(20-5-10)16-25-17(14-21-6-11(2)7-22-14)27-18(26-16)15-23-8-12(3)9-24-15/h4-9H,1-3H3. The smallest absolute Gasteiger partial charge is 0.202 e. The highest BCUT2D eigenvalue weighted by Gasteiger charge is 2.16. The Balaban J connectivity index is 1.89. The lowest BCUT2D eigenvalue weighted by Crippen LogP contribution is -2.05. The number of aryl methyl sites for hydroxylation is 3. The van der Waals surface area contributed by atoms with Crippen LogP contribution in [0.15, 0.2) is 37.2 Å². The molecule has 0 saturated carbocycles. The average Bonchev–Trinajstić information content (AvgIpc) is 2.69. The molecule has 0 aliphatic carbocycles. The van der Waals surface area contributed by atoms with Gasteiger partial charge in [0.25, 0.3) is 0 Å². The lowest BCUT2D eigenvalue weighted by atomic mass is 10.3. The monoisotopic (exact) mass is 357 g/mol. The highest BCUT2D eigenvalue weighted by atomic mass is 15.1. The summed E-state index contributed by atoms with van der Waals surface area (Å²) in [7, 11) is 0. The lowest BCUT2D eigenvalue weighted by molar-refractivity contribution is 0.975. The van der Waals surface area contributed by atoms with Crippen LogP contribution in [0.2, 0.25) is 0 Å². The molecule has 0 atom stereocenters. The molecule has 4 aromatic rings. The first-order chi connectivity index (χ1) is 13.1. The van der Waals surface area contributed by atoms with Crippen LogP contribution in [0, 0.1) is 20.8 Å². The minimum absolute atomic E-state index is 0.309. The maximum absolute atomic E-state index is 4.45. The van der Waals surface area contributed by atoms with E-state index in [4.69, 9.17) is 0 Å². The lowest BCUT2D eigenvalue weighted by Gasteiger charge is -2.06. The maximum Gasteiger partial charge on any atom is 0.202 e. The van der Waals surface area contributed by atoms with Crippen molar-refractivity contribution in [2.75, 3.05) is 0 Å². The molecule has 9 nitrogen and oxygen atoms in total. The normalized spacial score (nSPS) is 10.8. The SMILES string of the molecule is Cc1cnc(-c2nc(-c3ncc(C)cn3)nc(-c3ncc(C)cn3)n2)nc1. The zero-order chi connectivity index (χ0) is 18.8. The van der Waals surface area contributed by atoms with E-state index in [0.717, 1.165) is 16.7 Å². The summed E-state index contributed by atoms with van der Waals surface area (Å²) in [5.41, 5.74) is 2.82. The predicted molar refractivity (Wildman–Crippen MR) is 97.1 cm³/mol. The molecule has 4 rings (SSSR count). The number of aromatic nitrogens is 9. The molecule has 4 heterocycles. The molecule has 9 heteroatoms. The fourth-order valence-electron chi connectivity index (χ4n) is 2.20. The Morgan fingerprint density at radius 2 is 0.593 bits per heavy atom. The van der Waals surface area contributed by atoms with E-state index in [1.54, 1.807) is 37.2 Å². The Labute approximate surface area is 155 Å². The van der Waals surface area contributed by atoms with Gasteiger partial charge in [0.15, 0.2) is 17.5 Å². The van der Waals surface area contributed by atoms with E-state index in [0.29, 0.717) is 34.9 Å². The van der Waals surface area contributed by atoms with E-state index in [2.05, 4.69) is 44.9 Å². The molecule has 0 radical (unpaired) electrons. The summed E-state index contributed by atoms with van der Waals surface area (Å²) in [6.45, 7) is 5.73. The van der Waals surface area contributed by atoms with Gasteiger partial charge in [-0.1, -0.05) is 0 Å². The quantitative estimate of drug-likeness (QED) is 0.543. The van der Waals surface area contributed by atoms with Gasteiger partial charge >= 0.3 is 0 Å². The van der Waals surface area contributed by atoms with Crippen LogP contribution in [0.1, 0.15) is 16.7 Å². The fraction of sp³-hybridized carbons (Fsp3) is 0.167. The molecule has 0 saturated heterocycles. The molecule has 0 unspecified atom stereocenters. The van der Waals surface area contributed by atoms with Crippen LogP contribution in [0.4, 0.5) is 0 Å². The van der Waals surface area contributed by atoms with Gasteiger partial charge in [-0.3, -0.25) is 0 Å². The Hall–Kier alpha value is -3.75. The first kappa shape index (κ1) is 16.7. The van der Waals surface area contributed by atoms with Crippen molar-refractivity contribution in [1.29, 1.82) is 0 Å². The Morgan fingerprint density at radius 1 is 0.370 bits per heavy atom. The predicted octanol–water partition coefficient (Wildman–Crippen LogP) is 2.17. The van der Waals surface area contributed by atoms with Crippen LogP contribution in [0.5, 0.6) is 0 Å². The molecular weight excluding hydrogens is 342 g/mol. The van der Waals surface area contributed by atoms with Crippen molar-refractivity contribution in [3.63, 3.8) is 0 Å². The number of hydrogen-bond acceptors (Lipinski definition) is 9. The van der Waals surface area contributed by atoms with E-state index in [1.807, 2.05) is 20.8 Å². The number of rotatable bonds is 3. The molecule has 0 aliphatic rings. The summed E-state index contributed by atoms with van der Waals surface area (Å²) in [6.07, 6.45) is 10.2. The van der Waals surface area contributed by atoms with Gasteiger partial charge in [-0.2, -0.15) is 0 Å². The molecule has 0 spiro atoms. The van der Waals surface area contributed by atoms with Crippen molar-refractivity contribution in [2.45, 2.75) is 20.8 Å². The fourth-order valence-corrected chi connectivity index (χ4v) is 2.20. The summed E-state index contributed by atoms with van der Waals surface area (Å²) >= 11 is 0. The van der Waals surface area contributed by atoms with Crippen molar-refractivity contribution in [2.24, 2.45) is 0 Å². The molecule has 0 aromatic carbocycles. The van der Waals surface area contributed by atoms with Crippen molar-refractivity contribution in [1.82, 2.24) is 44.9 Å². The molecular formula is C18H15N9. The molecule has 0 fully saturated rings. The second-order valence-corrected chi connectivity index (χ2v) is 6.06. The minimum atomic E-state index is 0.309. The van der Waals surface area contributed by atoms with Gasteiger partial charge in [-0.15, -0.1) is 0 Å². The highest BCUT2D eigenvalue weighted by Crippen LogP contribution is 2.19. The second-order valence-electron chi connectivity index (χ2n) is 6.06. The average molecular weight is 357 g/mol. The second kappa shape index (κ2) is 6.87. The molecule has 27 heavy (non-hydrogen) atoms. The van der Waals surface area contributed by atoms with E-state index < -0.39 is 0 Å². The van der Waals surface area contributed by atoms with Crippen molar-refractivity contribution in [3.05, 3.63) is 53.9 Å². The van der Waals surface area contributed by atoms with Gasteiger partial charge in [-0.25, -0.2) is 44.9 Å². The summed E-state index contributed by atoms with van der Waals surface area (Å²) < 4.78 is 0. The topological polar surface area (TPSA) is 116 Å². The molecule has 0 amide bonds. The first-order valence-electron chi connectivity index (χ1n) is 8.21. The number of hydrogen-bond donors (Lipinski definition) is 0. The van der Waals surface area contributed by atoms with Gasteiger partial charge in [0, 0.05) is 37.2 Å². The minimum Gasteiger partial charge on any atom is -0.234 e. The Kier molecular flexibility index (Phi) is 4.25. The van der Waals surface area contributed by atoms with Crippen molar-refractivity contribution < 1.29 is 0 Å².